The lowest BCUT2D eigenvalue weighted by atomic mass is 9.80. The van der Waals surface area contributed by atoms with Crippen molar-refractivity contribution in [2.45, 2.75) is 70.3 Å². The van der Waals surface area contributed by atoms with E-state index in [2.05, 4.69) is 16.7 Å². The normalized spacial score (nSPS) is 22.9. The van der Waals surface area contributed by atoms with Crippen molar-refractivity contribution in [1.29, 1.82) is 5.26 Å². The first-order chi connectivity index (χ1) is 16.6. The van der Waals surface area contributed by atoms with Crippen molar-refractivity contribution in [1.82, 2.24) is 15.5 Å². The lowest BCUT2D eigenvalue weighted by Crippen LogP contribution is -2.56. The number of rotatable bonds is 5. The second kappa shape index (κ2) is 9.44. The van der Waals surface area contributed by atoms with E-state index in [4.69, 9.17) is 0 Å². The van der Waals surface area contributed by atoms with Crippen LogP contribution in [0.4, 0.5) is 18.9 Å². The summed E-state index contributed by atoms with van der Waals surface area (Å²) in [6.45, 7) is 6.40. The van der Waals surface area contributed by atoms with Gasteiger partial charge in [0.15, 0.2) is 0 Å². The molecule has 0 aromatic heterocycles. The smallest absolute Gasteiger partial charge is 0.343 e. The Balaban J connectivity index is 1.85. The topological polar surface area (TPSA) is 131 Å². The number of alkyl halides is 3. The van der Waals surface area contributed by atoms with Crippen molar-refractivity contribution in [3.05, 3.63) is 29.8 Å². The molecule has 9 nitrogen and oxygen atoms in total. The Morgan fingerprint density at radius 3 is 2.44 bits per heavy atom. The number of nitrogens with one attached hydrogen (secondary N) is 3. The van der Waals surface area contributed by atoms with Gasteiger partial charge in [-0.3, -0.25) is 19.2 Å². The van der Waals surface area contributed by atoms with Crippen LogP contribution in [0, 0.1) is 16.7 Å². The Labute approximate surface area is 206 Å². The molecule has 2 aliphatic rings. The van der Waals surface area contributed by atoms with Crippen LogP contribution in [-0.4, -0.2) is 59.4 Å². The number of nitrogens with zero attached hydrogens (tertiary/aromatic N) is 2. The number of para-hydroxylation sites is 1. The van der Waals surface area contributed by atoms with Crippen LogP contribution in [0.3, 0.4) is 0 Å². The predicted octanol–water partition coefficient (Wildman–Crippen LogP) is 1.99. The van der Waals surface area contributed by atoms with Gasteiger partial charge in [0.25, 0.3) is 0 Å². The molecule has 12 heteroatoms. The Hall–Kier alpha value is -3.62. The maximum atomic E-state index is 13.7. The summed E-state index contributed by atoms with van der Waals surface area (Å²) in [5.74, 6) is -4.23. The van der Waals surface area contributed by atoms with Crippen LogP contribution in [0.25, 0.3) is 0 Å². The van der Waals surface area contributed by atoms with Crippen LogP contribution in [-0.2, 0) is 24.6 Å². The number of nitriles is 1. The van der Waals surface area contributed by atoms with Crippen LogP contribution in [0.2, 0.25) is 0 Å². The highest BCUT2D eigenvalue weighted by atomic mass is 19.4. The largest absolute Gasteiger partial charge is 0.471 e. The van der Waals surface area contributed by atoms with E-state index in [9.17, 15) is 37.6 Å². The molecule has 0 unspecified atom stereocenters. The number of amides is 4. The predicted molar refractivity (Wildman–Crippen MR) is 122 cm³/mol. The highest BCUT2D eigenvalue weighted by Crippen LogP contribution is 2.46. The molecule has 0 saturated carbocycles. The molecule has 3 N–H and O–H groups in total. The number of benzene rings is 1. The minimum atomic E-state index is -5.17. The molecule has 1 aromatic carbocycles. The molecule has 0 bridgehead atoms. The van der Waals surface area contributed by atoms with Crippen molar-refractivity contribution in [3.8, 4) is 6.07 Å². The van der Waals surface area contributed by atoms with Gasteiger partial charge in [-0.05, 0) is 30.4 Å². The van der Waals surface area contributed by atoms with Gasteiger partial charge < -0.3 is 20.9 Å². The van der Waals surface area contributed by atoms with Gasteiger partial charge in [0, 0.05) is 18.7 Å². The van der Waals surface area contributed by atoms with Gasteiger partial charge in [0.05, 0.1) is 11.5 Å². The first-order valence-electron chi connectivity index (χ1n) is 11.4. The molecule has 2 aliphatic heterocycles. The molecule has 1 spiro atoms. The fourth-order valence-electron chi connectivity index (χ4n) is 4.64. The van der Waals surface area contributed by atoms with Gasteiger partial charge in [-0.1, -0.05) is 39.0 Å². The Morgan fingerprint density at radius 2 is 1.86 bits per heavy atom. The highest BCUT2D eigenvalue weighted by Gasteiger charge is 2.56. The summed E-state index contributed by atoms with van der Waals surface area (Å²) in [7, 11) is 0. The number of fused-ring (bicyclic) bond motifs is 2. The molecular weight excluding hydrogens is 479 g/mol. The molecule has 3 rings (SSSR count). The second-order valence-corrected chi connectivity index (χ2v) is 10.4. The number of hydrogen-bond acceptors (Lipinski definition) is 5. The molecule has 1 saturated heterocycles. The Kier molecular flexibility index (Phi) is 7.08. The molecule has 194 valence electrons. The molecule has 1 aromatic rings. The summed E-state index contributed by atoms with van der Waals surface area (Å²) in [5, 5.41) is 16.6. The maximum absolute atomic E-state index is 13.7. The molecule has 2 heterocycles. The molecule has 1 fully saturated rings. The molecular formula is C24H28F3N5O4. The molecule has 4 atom stereocenters. The van der Waals surface area contributed by atoms with Gasteiger partial charge in [0.1, 0.15) is 18.1 Å². The summed E-state index contributed by atoms with van der Waals surface area (Å²) in [6, 6.07) is 5.33. The van der Waals surface area contributed by atoms with Crippen molar-refractivity contribution in [2.75, 3.05) is 11.9 Å². The third-order valence-electron chi connectivity index (χ3n) is 6.35. The highest BCUT2D eigenvalue weighted by molar-refractivity contribution is 6.07. The number of carbonyl (C=O) groups is 4. The van der Waals surface area contributed by atoms with Gasteiger partial charge in [-0.15, -0.1) is 0 Å². The summed E-state index contributed by atoms with van der Waals surface area (Å²) in [6.07, 6.45) is -5.01. The zero-order valence-corrected chi connectivity index (χ0v) is 20.3. The standard InChI is InChI=1S/C24H28F3N5O4/c1-13(29-21(36)24(25,26)27)18(33)30-17(10-22(2,3)4)19(34)32-12-23(9-14(32)11-28)15-7-5-6-8-16(15)31-20(23)35/h5-8,13-14,17H,9-10,12H2,1-4H3,(H,29,36)(H,30,33)(H,31,35)/t13-,14-,17-,23-/m0/s1. The van der Waals surface area contributed by atoms with Gasteiger partial charge in [0.2, 0.25) is 17.7 Å². The monoisotopic (exact) mass is 507 g/mol. The van der Waals surface area contributed by atoms with Crippen LogP contribution in [0.5, 0.6) is 0 Å². The van der Waals surface area contributed by atoms with Crippen molar-refractivity contribution < 1.29 is 32.3 Å². The fourth-order valence-corrected chi connectivity index (χ4v) is 4.64. The zero-order chi connectivity index (χ0) is 27.1. The van der Waals surface area contributed by atoms with E-state index in [0.717, 1.165) is 6.92 Å². The van der Waals surface area contributed by atoms with Crippen molar-refractivity contribution in [2.24, 2.45) is 5.41 Å². The van der Waals surface area contributed by atoms with E-state index >= 15 is 0 Å². The van der Waals surface area contributed by atoms with Crippen molar-refractivity contribution in [3.63, 3.8) is 0 Å². The number of likely N-dealkylation sites (tertiary alicyclic amines) is 1. The van der Waals surface area contributed by atoms with E-state index in [1.807, 2.05) is 20.8 Å². The molecule has 4 amide bonds. The van der Waals surface area contributed by atoms with E-state index in [1.165, 1.54) is 4.90 Å². The first-order valence-corrected chi connectivity index (χ1v) is 11.4. The van der Waals surface area contributed by atoms with Crippen LogP contribution in [0.1, 0.15) is 46.1 Å². The SMILES string of the molecule is C[C@H](NC(=O)C(F)(F)F)C(=O)N[C@@H](CC(C)(C)C)C(=O)N1C[C@]2(C[C@H]1C#N)C(=O)Nc1ccccc12. The molecule has 0 radical (unpaired) electrons. The molecule has 36 heavy (non-hydrogen) atoms. The lowest BCUT2D eigenvalue weighted by molar-refractivity contribution is -0.174. The third kappa shape index (κ3) is 5.29. The lowest BCUT2D eigenvalue weighted by Gasteiger charge is -2.31. The number of anilines is 1. The number of carbonyl (C=O) groups excluding carboxylic acids is 4. The average Bonchev–Trinajstić information content (AvgIpc) is 3.29. The van der Waals surface area contributed by atoms with E-state index in [-0.39, 0.29) is 25.3 Å². The molecule has 0 aliphatic carbocycles. The minimum Gasteiger partial charge on any atom is -0.343 e. The van der Waals surface area contributed by atoms with Crippen molar-refractivity contribution >= 4 is 29.3 Å². The van der Waals surface area contributed by atoms with Crippen LogP contribution < -0.4 is 16.0 Å². The second-order valence-electron chi connectivity index (χ2n) is 10.4. The van der Waals surface area contributed by atoms with Crippen LogP contribution >= 0.6 is 0 Å². The third-order valence-corrected chi connectivity index (χ3v) is 6.35. The maximum Gasteiger partial charge on any atom is 0.471 e. The Bertz CT molecular complexity index is 1120. The zero-order valence-electron chi connectivity index (χ0n) is 20.3. The van der Waals surface area contributed by atoms with E-state index in [1.54, 1.807) is 29.6 Å². The quantitative estimate of drug-likeness (QED) is 0.561. The summed E-state index contributed by atoms with van der Waals surface area (Å²) >= 11 is 0. The van der Waals surface area contributed by atoms with Crippen LogP contribution in [0.15, 0.2) is 24.3 Å². The Morgan fingerprint density at radius 1 is 1.22 bits per heavy atom. The van der Waals surface area contributed by atoms with Gasteiger partial charge in [-0.25, -0.2) is 0 Å². The van der Waals surface area contributed by atoms with Gasteiger partial charge in [-0.2, -0.15) is 18.4 Å². The number of halogens is 3. The minimum absolute atomic E-state index is 0.0618. The van der Waals surface area contributed by atoms with E-state index < -0.39 is 52.9 Å². The number of hydrogen-bond donors (Lipinski definition) is 3. The average molecular weight is 508 g/mol. The fraction of sp³-hybridized carbons (Fsp3) is 0.542. The summed E-state index contributed by atoms with van der Waals surface area (Å²) in [5.41, 5.74) is -0.354. The summed E-state index contributed by atoms with van der Waals surface area (Å²) < 4.78 is 37.8. The van der Waals surface area contributed by atoms with Gasteiger partial charge >= 0.3 is 12.1 Å². The summed E-state index contributed by atoms with van der Waals surface area (Å²) in [4.78, 5) is 51.7. The first kappa shape index (κ1) is 27.0. The van der Waals surface area contributed by atoms with E-state index in [0.29, 0.717) is 11.3 Å².